The number of rotatable bonds is 4. The molecule has 1 aromatic rings. The summed E-state index contributed by atoms with van der Waals surface area (Å²) < 4.78 is 5.48. The highest BCUT2D eigenvalue weighted by molar-refractivity contribution is 5.17. The van der Waals surface area contributed by atoms with Crippen molar-refractivity contribution in [2.45, 2.75) is 46.6 Å². The first-order chi connectivity index (χ1) is 7.88. The highest BCUT2D eigenvalue weighted by atomic mass is 16.5. The van der Waals surface area contributed by atoms with Crippen molar-refractivity contribution in [1.29, 1.82) is 0 Å². The van der Waals surface area contributed by atoms with Crippen molar-refractivity contribution >= 4 is 5.95 Å². The number of aryl methyl sites for hydroxylation is 1. The highest BCUT2D eigenvalue weighted by Crippen LogP contribution is 2.33. The fraction of sp³-hybridized carbons (Fsp3) is 0.750. The molecule has 17 heavy (non-hydrogen) atoms. The van der Waals surface area contributed by atoms with Crippen LogP contribution in [0.25, 0.3) is 0 Å². The Kier molecular flexibility index (Phi) is 4.40. The fourth-order valence-corrected chi connectivity index (χ4v) is 1.76. The van der Waals surface area contributed by atoms with Gasteiger partial charge in [0.1, 0.15) is 11.9 Å². The number of anilines is 1. The van der Waals surface area contributed by atoms with Crippen LogP contribution >= 0.6 is 0 Å². The second-order valence-electron chi connectivity index (χ2n) is 5.20. The van der Waals surface area contributed by atoms with Crippen LogP contribution in [0.3, 0.4) is 0 Å². The van der Waals surface area contributed by atoms with E-state index in [1.54, 1.807) is 7.11 Å². The van der Waals surface area contributed by atoms with Crippen molar-refractivity contribution < 1.29 is 4.74 Å². The third kappa shape index (κ3) is 3.63. The molecule has 96 valence electrons. The standard InChI is InChI=1S/C12H22N4O/c1-6-7-8-14-10(16-11(13)15-8)9(17-5)12(2,3)4/h9H,6-7H2,1-5H3,(H2,13,14,15,16). The summed E-state index contributed by atoms with van der Waals surface area (Å²) in [4.78, 5) is 12.7. The molecule has 0 saturated heterocycles. The van der Waals surface area contributed by atoms with Crippen LogP contribution in [0.15, 0.2) is 0 Å². The molecule has 1 unspecified atom stereocenters. The van der Waals surface area contributed by atoms with E-state index in [0.717, 1.165) is 18.7 Å². The minimum Gasteiger partial charge on any atom is -0.373 e. The molecular weight excluding hydrogens is 216 g/mol. The summed E-state index contributed by atoms with van der Waals surface area (Å²) >= 11 is 0. The molecule has 1 atom stereocenters. The third-order valence-electron chi connectivity index (χ3n) is 2.45. The average molecular weight is 238 g/mol. The molecule has 1 heterocycles. The number of hydrogen-bond acceptors (Lipinski definition) is 5. The molecule has 1 rings (SSSR count). The van der Waals surface area contributed by atoms with Gasteiger partial charge in [-0.1, -0.05) is 27.7 Å². The minimum atomic E-state index is -0.177. The van der Waals surface area contributed by atoms with Crippen molar-refractivity contribution in [1.82, 2.24) is 15.0 Å². The maximum Gasteiger partial charge on any atom is 0.223 e. The zero-order valence-corrected chi connectivity index (χ0v) is 11.3. The van der Waals surface area contributed by atoms with E-state index in [2.05, 4.69) is 42.6 Å². The van der Waals surface area contributed by atoms with E-state index >= 15 is 0 Å². The zero-order valence-electron chi connectivity index (χ0n) is 11.3. The molecule has 5 nitrogen and oxygen atoms in total. The molecule has 0 saturated carbocycles. The quantitative estimate of drug-likeness (QED) is 0.869. The topological polar surface area (TPSA) is 73.9 Å². The van der Waals surface area contributed by atoms with Crippen molar-refractivity contribution in [3.8, 4) is 0 Å². The van der Waals surface area contributed by atoms with Crippen LogP contribution in [-0.2, 0) is 11.2 Å². The Labute approximate surface area is 103 Å². The second-order valence-corrected chi connectivity index (χ2v) is 5.20. The number of nitrogens with two attached hydrogens (primary N) is 1. The second kappa shape index (κ2) is 5.40. The Bertz CT molecular complexity index is 373. The lowest BCUT2D eigenvalue weighted by molar-refractivity contribution is 0.00845. The first kappa shape index (κ1) is 13.8. The molecule has 5 heteroatoms. The Hall–Kier alpha value is -1.23. The van der Waals surface area contributed by atoms with E-state index in [0.29, 0.717) is 5.82 Å². The summed E-state index contributed by atoms with van der Waals surface area (Å²) in [5, 5.41) is 0. The third-order valence-corrected chi connectivity index (χ3v) is 2.45. The van der Waals surface area contributed by atoms with Gasteiger partial charge in [0.15, 0.2) is 5.82 Å². The van der Waals surface area contributed by atoms with Crippen molar-refractivity contribution in [3.63, 3.8) is 0 Å². The lowest BCUT2D eigenvalue weighted by atomic mass is 9.88. The first-order valence-electron chi connectivity index (χ1n) is 5.91. The zero-order chi connectivity index (χ0) is 13.1. The van der Waals surface area contributed by atoms with Gasteiger partial charge in [0.2, 0.25) is 5.95 Å². The number of nitrogen functional groups attached to an aromatic ring is 1. The van der Waals surface area contributed by atoms with Gasteiger partial charge in [-0.3, -0.25) is 0 Å². The molecule has 0 radical (unpaired) electrons. The van der Waals surface area contributed by atoms with Crippen LogP contribution in [0.1, 0.15) is 51.9 Å². The van der Waals surface area contributed by atoms with Gasteiger partial charge < -0.3 is 10.5 Å². The van der Waals surface area contributed by atoms with Crippen LogP contribution in [0.5, 0.6) is 0 Å². The molecule has 0 aromatic carbocycles. The summed E-state index contributed by atoms with van der Waals surface area (Å²) in [5.74, 6) is 1.63. The molecule has 0 aliphatic carbocycles. The van der Waals surface area contributed by atoms with Crippen molar-refractivity contribution in [3.05, 3.63) is 11.6 Å². The Morgan fingerprint density at radius 3 is 2.35 bits per heavy atom. The molecular formula is C12H22N4O. The predicted octanol–water partition coefficient (Wildman–Crippen LogP) is 2.14. The molecule has 0 bridgehead atoms. The van der Waals surface area contributed by atoms with Gasteiger partial charge in [-0.25, -0.2) is 4.98 Å². The monoisotopic (exact) mass is 238 g/mol. The Morgan fingerprint density at radius 2 is 1.88 bits per heavy atom. The summed E-state index contributed by atoms with van der Waals surface area (Å²) in [6, 6.07) is 0. The van der Waals surface area contributed by atoms with Crippen LogP contribution < -0.4 is 5.73 Å². The van der Waals surface area contributed by atoms with E-state index in [1.807, 2.05) is 0 Å². The van der Waals surface area contributed by atoms with E-state index in [4.69, 9.17) is 10.5 Å². The lowest BCUT2D eigenvalue weighted by Gasteiger charge is -2.28. The SMILES string of the molecule is CCCc1nc(N)nc(C(OC)C(C)(C)C)n1. The minimum absolute atomic E-state index is 0.0774. The number of hydrogen-bond donors (Lipinski definition) is 1. The maximum absolute atomic E-state index is 5.71. The molecule has 0 aliphatic heterocycles. The van der Waals surface area contributed by atoms with E-state index in [1.165, 1.54) is 0 Å². The molecule has 2 N–H and O–H groups in total. The fourth-order valence-electron chi connectivity index (χ4n) is 1.76. The van der Waals surface area contributed by atoms with Crippen LogP contribution in [0.4, 0.5) is 5.95 Å². The van der Waals surface area contributed by atoms with Crippen molar-refractivity contribution in [2.24, 2.45) is 5.41 Å². The number of ether oxygens (including phenoxy) is 1. The van der Waals surface area contributed by atoms with Gasteiger partial charge in [-0.15, -0.1) is 0 Å². The maximum atomic E-state index is 5.71. The Morgan fingerprint density at radius 1 is 1.24 bits per heavy atom. The smallest absolute Gasteiger partial charge is 0.223 e. The Balaban J connectivity index is 3.11. The summed E-state index contributed by atoms with van der Waals surface area (Å²) in [5.41, 5.74) is 5.63. The average Bonchev–Trinajstić information content (AvgIpc) is 2.15. The molecule has 0 amide bonds. The molecule has 0 fully saturated rings. The van der Waals surface area contributed by atoms with Crippen molar-refractivity contribution in [2.75, 3.05) is 12.8 Å². The lowest BCUT2D eigenvalue weighted by Crippen LogP contribution is -2.23. The van der Waals surface area contributed by atoms with Crippen LogP contribution in [0, 0.1) is 5.41 Å². The van der Waals surface area contributed by atoms with Gasteiger partial charge in [0, 0.05) is 13.5 Å². The molecule has 1 aromatic heterocycles. The number of methoxy groups -OCH3 is 1. The van der Waals surface area contributed by atoms with E-state index < -0.39 is 0 Å². The van der Waals surface area contributed by atoms with Gasteiger partial charge in [-0.2, -0.15) is 9.97 Å². The molecule has 0 spiro atoms. The van der Waals surface area contributed by atoms with Crippen LogP contribution in [0.2, 0.25) is 0 Å². The van der Waals surface area contributed by atoms with E-state index in [-0.39, 0.29) is 17.5 Å². The van der Waals surface area contributed by atoms with Crippen LogP contribution in [-0.4, -0.2) is 22.1 Å². The van der Waals surface area contributed by atoms with Gasteiger partial charge >= 0.3 is 0 Å². The predicted molar refractivity (Wildman–Crippen MR) is 67.4 cm³/mol. The summed E-state index contributed by atoms with van der Waals surface area (Å²) in [7, 11) is 1.66. The summed E-state index contributed by atoms with van der Waals surface area (Å²) in [6.45, 7) is 8.33. The molecule has 0 aliphatic rings. The normalized spacial score (nSPS) is 13.7. The first-order valence-corrected chi connectivity index (χ1v) is 5.91. The highest BCUT2D eigenvalue weighted by Gasteiger charge is 2.29. The summed E-state index contributed by atoms with van der Waals surface area (Å²) in [6.07, 6.45) is 1.61. The van der Waals surface area contributed by atoms with E-state index in [9.17, 15) is 0 Å². The van der Waals surface area contributed by atoms with Gasteiger partial charge in [0.25, 0.3) is 0 Å². The van der Waals surface area contributed by atoms with Gasteiger partial charge in [0.05, 0.1) is 0 Å². The largest absolute Gasteiger partial charge is 0.373 e. The van der Waals surface area contributed by atoms with Gasteiger partial charge in [-0.05, 0) is 11.8 Å². The number of nitrogens with zero attached hydrogens (tertiary/aromatic N) is 3. The number of aromatic nitrogens is 3.